The van der Waals surface area contributed by atoms with E-state index in [2.05, 4.69) is 16.0 Å². The average molecular weight is 484 g/mol. The summed E-state index contributed by atoms with van der Waals surface area (Å²) in [4.78, 5) is 51.6. The van der Waals surface area contributed by atoms with Crippen LogP contribution in [-0.2, 0) is 23.9 Å². The smallest absolute Gasteiger partial charge is 0.309 e. The van der Waals surface area contributed by atoms with Crippen molar-refractivity contribution in [3.8, 4) is 0 Å². The number of nitrogens with one attached hydrogen (secondary N) is 3. The number of hydrogen-bond acceptors (Lipinski definition) is 7. The van der Waals surface area contributed by atoms with Crippen LogP contribution in [0, 0.1) is 11.8 Å². The number of hydrogen-bond donors (Lipinski definition) is 3. The van der Waals surface area contributed by atoms with E-state index in [1.54, 1.807) is 27.7 Å². The molecule has 2 saturated heterocycles. The number of carbonyl (C=O) groups excluding carboxylic acids is 4. The summed E-state index contributed by atoms with van der Waals surface area (Å²) >= 11 is 0. The number of allylic oxidation sites excluding steroid dienone is 1. The van der Waals surface area contributed by atoms with Crippen LogP contribution in [0.15, 0.2) is 12.2 Å². The second-order valence-corrected chi connectivity index (χ2v) is 11.5. The van der Waals surface area contributed by atoms with Crippen molar-refractivity contribution in [1.82, 2.24) is 16.0 Å². The van der Waals surface area contributed by atoms with E-state index in [1.807, 2.05) is 19.9 Å². The quantitative estimate of drug-likeness (QED) is 0.297. The van der Waals surface area contributed by atoms with E-state index in [9.17, 15) is 19.2 Å². The highest BCUT2D eigenvalue weighted by Gasteiger charge is 2.34. The molecule has 0 unspecified atom stereocenters. The van der Waals surface area contributed by atoms with Crippen molar-refractivity contribution in [3.05, 3.63) is 12.2 Å². The lowest BCUT2D eigenvalue weighted by Crippen LogP contribution is -2.57. The van der Waals surface area contributed by atoms with Crippen LogP contribution in [0.2, 0.25) is 0 Å². The number of rotatable bonds is 1. The van der Waals surface area contributed by atoms with Gasteiger partial charge in [0.25, 0.3) is 0 Å². The topological polar surface area (TPSA) is 114 Å². The van der Waals surface area contributed by atoms with Crippen LogP contribution in [0.1, 0.15) is 52.4 Å². The van der Waals surface area contributed by atoms with Gasteiger partial charge in [0.15, 0.2) is 0 Å². The van der Waals surface area contributed by atoms with Crippen molar-refractivity contribution in [2.24, 2.45) is 11.8 Å². The van der Waals surface area contributed by atoms with Gasteiger partial charge < -0.3 is 20.7 Å². The molecule has 178 valence electrons. The van der Waals surface area contributed by atoms with Crippen LogP contribution >= 0.6 is 21.6 Å². The van der Waals surface area contributed by atoms with E-state index < -0.39 is 18.2 Å². The van der Waals surface area contributed by atoms with E-state index in [1.165, 1.54) is 0 Å². The monoisotopic (exact) mass is 483 g/mol. The van der Waals surface area contributed by atoms with Gasteiger partial charge in [-0.1, -0.05) is 41.5 Å². The molecule has 0 aromatic rings. The van der Waals surface area contributed by atoms with E-state index in [0.717, 1.165) is 12.2 Å². The van der Waals surface area contributed by atoms with Gasteiger partial charge in [-0.25, -0.2) is 0 Å². The predicted molar refractivity (Wildman–Crippen MR) is 126 cm³/mol. The lowest BCUT2D eigenvalue weighted by molar-refractivity contribution is -0.154. The number of esters is 1. The third-order valence-electron chi connectivity index (χ3n) is 6.00. The van der Waals surface area contributed by atoms with Gasteiger partial charge in [-0.3, -0.25) is 19.2 Å². The fourth-order valence-electron chi connectivity index (χ4n) is 4.10. The maximum Gasteiger partial charge on any atom is 0.309 e. The molecule has 3 fully saturated rings. The van der Waals surface area contributed by atoms with Gasteiger partial charge >= 0.3 is 5.97 Å². The van der Waals surface area contributed by atoms with Gasteiger partial charge in [0.05, 0.1) is 12.3 Å². The van der Waals surface area contributed by atoms with Gasteiger partial charge in [0.1, 0.15) is 18.2 Å². The Hall–Kier alpha value is -1.68. The van der Waals surface area contributed by atoms with E-state index in [4.69, 9.17) is 4.74 Å². The molecule has 32 heavy (non-hydrogen) atoms. The summed E-state index contributed by atoms with van der Waals surface area (Å²) < 4.78 is 5.72. The van der Waals surface area contributed by atoms with Crippen LogP contribution in [0.5, 0.6) is 0 Å². The zero-order valence-corrected chi connectivity index (χ0v) is 20.3. The SMILES string of the molecule is CC(C)[C@H]1NC(=O)C[C@H]2C=CCCSSC[C@@H](NC1=O)C(=O)NC1CCC(CC1)C(=O)O2. The molecule has 3 N–H and O–H groups in total. The van der Waals surface area contributed by atoms with Gasteiger partial charge in [0, 0.05) is 17.5 Å². The average Bonchev–Trinajstić information content (AvgIpc) is 2.74. The summed E-state index contributed by atoms with van der Waals surface area (Å²) in [5.41, 5.74) is 0. The van der Waals surface area contributed by atoms with Crippen molar-refractivity contribution in [2.45, 2.75) is 76.6 Å². The molecular weight excluding hydrogens is 450 g/mol. The third-order valence-corrected chi connectivity index (χ3v) is 8.44. The van der Waals surface area contributed by atoms with Crippen molar-refractivity contribution in [3.63, 3.8) is 0 Å². The van der Waals surface area contributed by atoms with Crippen LogP contribution in [0.25, 0.3) is 0 Å². The zero-order chi connectivity index (χ0) is 23.1. The van der Waals surface area contributed by atoms with Crippen molar-refractivity contribution >= 4 is 45.3 Å². The fourth-order valence-corrected chi connectivity index (χ4v) is 6.26. The molecule has 0 spiro atoms. The molecule has 4 rings (SSSR count). The number of fused-ring (bicyclic) bond motifs is 4. The van der Waals surface area contributed by atoms with Crippen LogP contribution in [0.3, 0.4) is 0 Å². The Kier molecular flexibility index (Phi) is 9.34. The molecule has 3 amide bonds. The molecule has 8 nitrogen and oxygen atoms in total. The number of carbonyl (C=O) groups is 4. The lowest BCUT2D eigenvalue weighted by atomic mass is 9.86. The first-order valence-corrected chi connectivity index (χ1v) is 13.8. The highest BCUT2D eigenvalue weighted by atomic mass is 33.1. The molecular formula is C22H33N3O5S2. The van der Waals surface area contributed by atoms with E-state index >= 15 is 0 Å². The predicted octanol–water partition coefficient (Wildman–Crippen LogP) is 1.94. The molecule has 1 aliphatic carbocycles. The third kappa shape index (κ3) is 7.16. The minimum atomic E-state index is -0.787. The van der Waals surface area contributed by atoms with Crippen LogP contribution in [0.4, 0.5) is 0 Å². The van der Waals surface area contributed by atoms with Crippen molar-refractivity contribution < 1.29 is 23.9 Å². The lowest BCUT2D eigenvalue weighted by Gasteiger charge is -2.31. The summed E-state index contributed by atoms with van der Waals surface area (Å²) in [6.45, 7) is 3.68. The summed E-state index contributed by atoms with van der Waals surface area (Å²) in [5.74, 6) is -0.425. The fraction of sp³-hybridized carbons (Fsp3) is 0.727. The highest BCUT2D eigenvalue weighted by Crippen LogP contribution is 2.28. The summed E-state index contributed by atoms with van der Waals surface area (Å²) in [7, 11) is 3.17. The molecule has 1 saturated carbocycles. The Morgan fingerprint density at radius 1 is 0.969 bits per heavy atom. The number of amides is 3. The molecule has 0 radical (unpaired) electrons. The van der Waals surface area contributed by atoms with Gasteiger partial charge in [0.2, 0.25) is 17.7 Å². The van der Waals surface area contributed by atoms with Crippen LogP contribution in [-0.4, -0.2) is 59.4 Å². The summed E-state index contributed by atoms with van der Waals surface area (Å²) in [6.07, 6.45) is 6.38. The molecule has 3 aliphatic heterocycles. The largest absolute Gasteiger partial charge is 0.457 e. The molecule has 10 heteroatoms. The van der Waals surface area contributed by atoms with Gasteiger partial charge in [-0.05, 0) is 44.1 Å². The van der Waals surface area contributed by atoms with Crippen LogP contribution < -0.4 is 16.0 Å². The summed E-state index contributed by atoms with van der Waals surface area (Å²) in [5, 5.41) is 8.70. The maximum absolute atomic E-state index is 13.0. The number of ether oxygens (including phenoxy) is 1. The standard InChI is InChI=1S/C22H33N3O5S2/c1-13(2)19-21(28)24-17-12-32-31-10-4-3-5-16(11-18(26)25-19)30-22(29)14-6-8-15(9-7-14)23-20(17)27/h3,5,13-17,19H,4,6-12H2,1-2H3,(H,23,27)(H,24,28)(H,25,26)/t14?,15?,16-,17-,19-/m1/s1. The molecule has 4 aliphatic rings. The first kappa shape index (κ1) is 25.0. The zero-order valence-electron chi connectivity index (χ0n) is 18.6. The van der Waals surface area contributed by atoms with Crippen molar-refractivity contribution in [1.29, 1.82) is 0 Å². The first-order valence-electron chi connectivity index (χ1n) is 11.3. The van der Waals surface area contributed by atoms with E-state index in [0.29, 0.717) is 31.4 Å². The Labute approximate surface area is 197 Å². The molecule has 0 aromatic heterocycles. The summed E-state index contributed by atoms with van der Waals surface area (Å²) in [6, 6.07) is -1.50. The van der Waals surface area contributed by atoms with Gasteiger partial charge in [-0.15, -0.1) is 0 Å². The maximum atomic E-state index is 13.0. The Morgan fingerprint density at radius 3 is 2.44 bits per heavy atom. The highest BCUT2D eigenvalue weighted by molar-refractivity contribution is 8.76. The molecule has 4 bridgehead atoms. The minimum Gasteiger partial charge on any atom is -0.457 e. The Balaban J connectivity index is 1.93. The first-order chi connectivity index (χ1) is 15.3. The minimum absolute atomic E-state index is 0.0246. The Bertz CT molecular complexity index is 737. The second kappa shape index (κ2) is 12.0. The normalized spacial score (nSPS) is 33.2. The Morgan fingerprint density at radius 2 is 1.72 bits per heavy atom. The second-order valence-electron chi connectivity index (χ2n) is 8.91. The molecule has 3 atom stereocenters. The van der Waals surface area contributed by atoms with E-state index in [-0.39, 0.29) is 48.0 Å². The molecule has 0 aromatic carbocycles. The molecule has 3 heterocycles. The van der Waals surface area contributed by atoms with Gasteiger partial charge in [-0.2, -0.15) is 0 Å². The van der Waals surface area contributed by atoms with Crippen molar-refractivity contribution in [2.75, 3.05) is 11.5 Å².